The van der Waals surface area contributed by atoms with Crippen LogP contribution in [0.3, 0.4) is 0 Å². The Balaban J connectivity index is 2.33. The van der Waals surface area contributed by atoms with Crippen molar-refractivity contribution in [2.45, 2.75) is 19.9 Å². The highest BCUT2D eigenvalue weighted by atomic mass is 16.5. The average Bonchev–Trinajstić information content (AvgIpc) is 2.85. The fraction of sp³-hybridized carbons (Fsp3) is 0.429. The molecule has 2 aromatic rings. The number of hydrogen-bond acceptors (Lipinski definition) is 4. The zero-order chi connectivity index (χ0) is 13.7. The van der Waals surface area contributed by atoms with E-state index < -0.39 is 0 Å². The molecular weight excluding hydrogens is 240 g/mol. The van der Waals surface area contributed by atoms with E-state index in [9.17, 15) is 0 Å². The Morgan fingerprint density at radius 3 is 2.84 bits per heavy atom. The Morgan fingerprint density at radius 1 is 1.37 bits per heavy atom. The summed E-state index contributed by atoms with van der Waals surface area (Å²) in [5, 5.41) is 11.3. The molecule has 1 N–H and O–H groups in total. The molecule has 0 saturated heterocycles. The van der Waals surface area contributed by atoms with Crippen molar-refractivity contribution in [1.82, 2.24) is 20.3 Å². The quantitative estimate of drug-likeness (QED) is 0.807. The zero-order valence-corrected chi connectivity index (χ0v) is 11.7. The number of nitrogens with one attached hydrogen (secondary N) is 1. The van der Waals surface area contributed by atoms with Gasteiger partial charge in [-0.05, 0) is 36.7 Å². The monoisotopic (exact) mass is 260 g/mol. The summed E-state index contributed by atoms with van der Waals surface area (Å²) in [6, 6.07) is 6.08. The molecule has 0 radical (unpaired) electrons. The Labute approximate surface area is 113 Å². The molecule has 0 unspecified atom stereocenters. The molecule has 19 heavy (non-hydrogen) atoms. The standard InChI is InChI=1S/C14H20N4O/c1-4-7-15-9-11-8-12(19-3)5-6-13(11)14-10-16-17-18(14)2/h5-6,8,10,15H,4,7,9H2,1-3H3. The van der Waals surface area contributed by atoms with Crippen molar-refractivity contribution in [1.29, 1.82) is 0 Å². The van der Waals surface area contributed by atoms with Gasteiger partial charge in [-0.15, -0.1) is 5.10 Å². The first-order chi connectivity index (χ1) is 9.26. The molecule has 0 aliphatic heterocycles. The Hall–Kier alpha value is -1.88. The lowest BCUT2D eigenvalue weighted by Gasteiger charge is -2.12. The first-order valence-corrected chi connectivity index (χ1v) is 6.49. The second-order valence-electron chi connectivity index (χ2n) is 4.44. The number of nitrogens with zero attached hydrogens (tertiary/aromatic N) is 3. The molecule has 0 aliphatic rings. The van der Waals surface area contributed by atoms with E-state index in [1.165, 1.54) is 5.56 Å². The van der Waals surface area contributed by atoms with Gasteiger partial charge in [-0.1, -0.05) is 12.1 Å². The molecule has 0 aliphatic carbocycles. The molecule has 2 rings (SSSR count). The minimum Gasteiger partial charge on any atom is -0.497 e. The predicted molar refractivity (Wildman–Crippen MR) is 75.0 cm³/mol. The zero-order valence-electron chi connectivity index (χ0n) is 11.7. The summed E-state index contributed by atoms with van der Waals surface area (Å²) in [6.45, 7) is 3.97. The summed E-state index contributed by atoms with van der Waals surface area (Å²) in [4.78, 5) is 0. The lowest BCUT2D eigenvalue weighted by molar-refractivity contribution is 0.414. The molecule has 0 atom stereocenters. The lowest BCUT2D eigenvalue weighted by Crippen LogP contribution is -2.14. The molecule has 0 fully saturated rings. The largest absolute Gasteiger partial charge is 0.497 e. The molecule has 0 bridgehead atoms. The highest BCUT2D eigenvalue weighted by molar-refractivity contribution is 5.64. The van der Waals surface area contributed by atoms with Crippen LogP contribution in [0.2, 0.25) is 0 Å². The fourth-order valence-electron chi connectivity index (χ4n) is 2.03. The van der Waals surface area contributed by atoms with Crippen LogP contribution >= 0.6 is 0 Å². The number of rotatable bonds is 6. The van der Waals surface area contributed by atoms with Crippen molar-refractivity contribution in [3.63, 3.8) is 0 Å². The van der Waals surface area contributed by atoms with Crippen LogP contribution in [-0.2, 0) is 13.6 Å². The smallest absolute Gasteiger partial charge is 0.119 e. The number of hydrogen-bond donors (Lipinski definition) is 1. The summed E-state index contributed by atoms with van der Waals surface area (Å²) in [5.74, 6) is 0.868. The van der Waals surface area contributed by atoms with Gasteiger partial charge in [-0.2, -0.15) is 0 Å². The Kier molecular flexibility index (Phi) is 4.52. The summed E-state index contributed by atoms with van der Waals surface area (Å²) >= 11 is 0. The molecule has 0 amide bonds. The molecule has 1 heterocycles. The molecule has 5 nitrogen and oxygen atoms in total. The van der Waals surface area contributed by atoms with Crippen molar-refractivity contribution in [3.05, 3.63) is 30.0 Å². The van der Waals surface area contributed by atoms with Gasteiger partial charge in [0.15, 0.2) is 0 Å². The maximum absolute atomic E-state index is 5.30. The van der Waals surface area contributed by atoms with Crippen LogP contribution in [-0.4, -0.2) is 28.6 Å². The van der Waals surface area contributed by atoms with E-state index in [0.29, 0.717) is 0 Å². The highest BCUT2D eigenvalue weighted by Crippen LogP contribution is 2.26. The van der Waals surface area contributed by atoms with Gasteiger partial charge in [0.25, 0.3) is 0 Å². The topological polar surface area (TPSA) is 52.0 Å². The molecule has 1 aromatic heterocycles. The van der Waals surface area contributed by atoms with Crippen molar-refractivity contribution < 1.29 is 4.74 Å². The predicted octanol–water partition coefficient (Wildman–Crippen LogP) is 1.99. The van der Waals surface area contributed by atoms with Crippen LogP contribution in [0.25, 0.3) is 11.3 Å². The van der Waals surface area contributed by atoms with Gasteiger partial charge in [0.05, 0.1) is 19.0 Å². The second kappa shape index (κ2) is 6.33. The lowest BCUT2D eigenvalue weighted by atomic mass is 10.0. The van der Waals surface area contributed by atoms with Crippen LogP contribution < -0.4 is 10.1 Å². The van der Waals surface area contributed by atoms with Crippen LogP contribution in [0.1, 0.15) is 18.9 Å². The van der Waals surface area contributed by atoms with E-state index in [0.717, 1.165) is 36.5 Å². The SMILES string of the molecule is CCCNCc1cc(OC)ccc1-c1cnnn1C. The van der Waals surface area contributed by atoms with E-state index in [4.69, 9.17) is 4.74 Å². The van der Waals surface area contributed by atoms with Gasteiger partial charge < -0.3 is 10.1 Å². The van der Waals surface area contributed by atoms with Gasteiger partial charge in [0.1, 0.15) is 5.75 Å². The molecular formula is C14H20N4O. The van der Waals surface area contributed by atoms with E-state index in [2.05, 4.69) is 34.7 Å². The second-order valence-corrected chi connectivity index (χ2v) is 4.44. The van der Waals surface area contributed by atoms with Crippen LogP contribution in [0, 0.1) is 0 Å². The molecule has 0 spiro atoms. The van der Waals surface area contributed by atoms with Gasteiger partial charge in [0.2, 0.25) is 0 Å². The number of ether oxygens (including phenoxy) is 1. The molecule has 0 saturated carbocycles. The maximum atomic E-state index is 5.30. The van der Waals surface area contributed by atoms with E-state index in [1.54, 1.807) is 18.0 Å². The third kappa shape index (κ3) is 3.12. The summed E-state index contributed by atoms with van der Waals surface area (Å²) in [5.41, 5.74) is 3.34. The van der Waals surface area contributed by atoms with Gasteiger partial charge in [-0.3, -0.25) is 0 Å². The van der Waals surface area contributed by atoms with Crippen LogP contribution in [0.4, 0.5) is 0 Å². The highest BCUT2D eigenvalue weighted by Gasteiger charge is 2.10. The van der Waals surface area contributed by atoms with Crippen LogP contribution in [0.15, 0.2) is 24.4 Å². The summed E-state index contributed by atoms with van der Waals surface area (Å²) < 4.78 is 7.08. The number of methoxy groups -OCH3 is 1. The molecule has 5 heteroatoms. The minimum atomic E-state index is 0.811. The van der Waals surface area contributed by atoms with Gasteiger partial charge in [-0.25, -0.2) is 4.68 Å². The summed E-state index contributed by atoms with van der Waals surface area (Å²) in [6.07, 6.45) is 2.90. The first kappa shape index (κ1) is 13.5. The minimum absolute atomic E-state index is 0.811. The fourth-order valence-corrected chi connectivity index (χ4v) is 2.03. The normalized spacial score (nSPS) is 10.7. The maximum Gasteiger partial charge on any atom is 0.119 e. The Bertz CT molecular complexity index is 536. The van der Waals surface area contributed by atoms with Crippen LogP contribution in [0.5, 0.6) is 5.75 Å². The van der Waals surface area contributed by atoms with Crippen molar-refractivity contribution in [2.24, 2.45) is 7.05 Å². The van der Waals surface area contributed by atoms with Crippen molar-refractivity contribution in [3.8, 4) is 17.0 Å². The number of aryl methyl sites for hydroxylation is 1. The summed E-state index contributed by atoms with van der Waals surface area (Å²) in [7, 11) is 3.58. The third-order valence-electron chi connectivity index (χ3n) is 3.05. The number of benzene rings is 1. The van der Waals surface area contributed by atoms with E-state index in [-0.39, 0.29) is 0 Å². The average molecular weight is 260 g/mol. The van der Waals surface area contributed by atoms with Gasteiger partial charge in [0, 0.05) is 19.2 Å². The Morgan fingerprint density at radius 2 is 2.21 bits per heavy atom. The van der Waals surface area contributed by atoms with E-state index >= 15 is 0 Å². The van der Waals surface area contributed by atoms with E-state index in [1.807, 2.05) is 13.1 Å². The van der Waals surface area contributed by atoms with Gasteiger partial charge >= 0.3 is 0 Å². The first-order valence-electron chi connectivity index (χ1n) is 6.49. The molecule has 102 valence electrons. The molecule has 1 aromatic carbocycles. The van der Waals surface area contributed by atoms with Crippen molar-refractivity contribution >= 4 is 0 Å². The number of aromatic nitrogens is 3. The third-order valence-corrected chi connectivity index (χ3v) is 3.05. The van der Waals surface area contributed by atoms with Crippen molar-refractivity contribution in [2.75, 3.05) is 13.7 Å².